The van der Waals surface area contributed by atoms with E-state index in [9.17, 15) is 4.79 Å². The van der Waals surface area contributed by atoms with E-state index in [1.807, 2.05) is 0 Å². The van der Waals surface area contributed by atoms with E-state index in [1.54, 1.807) is 0 Å². The number of likely N-dealkylation sites (tertiary alicyclic amines) is 1. The highest BCUT2D eigenvalue weighted by Crippen LogP contribution is 2.20. The molecule has 2 fully saturated rings. The Hall–Kier alpha value is -0.570. The second kappa shape index (κ2) is 4.97. The molecule has 0 bridgehead atoms. The maximum Gasteiger partial charge on any atom is 0.226 e. The Bertz CT molecular complexity index is 216. The third kappa shape index (κ3) is 2.71. The van der Waals surface area contributed by atoms with Crippen LogP contribution < -0.4 is 5.32 Å². The van der Waals surface area contributed by atoms with Crippen molar-refractivity contribution in [2.24, 2.45) is 11.8 Å². The Morgan fingerprint density at radius 2 is 2.00 bits per heavy atom. The zero-order chi connectivity index (χ0) is 10.7. The Morgan fingerprint density at radius 1 is 1.27 bits per heavy atom. The molecule has 3 nitrogen and oxygen atoms in total. The molecule has 1 atom stereocenters. The van der Waals surface area contributed by atoms with Crippen molar-refractivity contribution >= 4 is 5.91 Å². The molecule has 1 amide bonds. The first kappa shape index (κ1) is 10.9. The van der Waals surface area contributed by atoms with Crippen molar-refractivity contribution in [1.82, 2.24) is 10.2 Å². The molecular weight excluding hydrogens is 188 g/mol. The quantitative estimate of drug-likeness (QED) is 0.706. The van der Waals surface area contributed by atoms with Gasteiger partial charge in [0.15, 0.2) is 0 Å². The molecule has 0 radical (unpaired) electrons. The van der Waals surface area contributed by atoms with Crippen LogP contribution in [0, 0.1) is 11.8 Å². The minimum absolute atomic E-state index is 0.257. The number of hydrogen-bond acceptors (Lipinski definition) is 2. The summed E-state index contributed by atoms with van der Waals surface area (Å²) in [5.74, 6) is 1.46. The van der Waals surface area contributed by atoms with Crippen molar-refractivity contribution in [3.05, 3.63) is 0 Å². The van der Waals surface area contributed by atoms with E-state index in [4.69, 9.17) is 0 Å². The van der Waals surface area contributed by atoms with Gasteiger partial charge < -0.3 is 10.2 Å². The first-order chi connectivity index (χ1) is 7.27. The smallest absolute Gasteiger partial charge is 0.226 e. The first-order valence-corrected chi connectivity index (χ1v) is 6.27. The van der Waals surface area contributed by atoms with Crippen molar-refractivity contribution < 1.29 is 4.79 Å². The third-order valence-electron chi connectivity index (χ3n) is 3.74. The molecule has 0 aromatic rings. The van der Waals surface area contributed by atoms with Crippen molar-refractivity contribution in [1.29, 1.82) is 0 Å². The van der Waals surface area contributed by atoms with Crippen LogP contribution in [0.25, 0.3) is 0 Å². The van der Waals surface area contributed by atoms with Gasteiger partial charge in [-0.1, -0.05) is 6.92 Å². The van der Waals surface area contributed by atoms with E-state index in [1.165, 1.54) is 12.8 Å². The Kier molecular flexibility index (Phi) is 3.62. The van der Waals surface area contributed by atoms with E-state index in [2.05, 4.69) is 17.1 Å². The monoisotopic (exact) mass is 210 g/mol. The topological polar surface area (TPSA) is 32.3 Å². The van der Waals surface area contributed by atoms with E-state index >= 15 is 0 Å². The zero-order valence-corrected chi connectivity index (χ0v) is 9.67. The average molecular weight is 210 g/mol. The normalized spacial score (nSPS) is 29.1. The third-order valence-corrected chi connectivity index (χ3v) is 3.74. The maximum absolute atomic E-state index is 12.1. The van der Waals surface area contributed by atoms with Crippen molar-refractivity contribution in [2.45, 2.75) is 32.6 Å². The number of nitrogens with zero attached hydrogens (tertiary/aromatic N) is 1. The number of hydrogen-bond donors (Lipinski definition) is 1. The van der Waals surface area contributed by atoms with E-state index in [-0.39, 0.29) is 5.92 Å². The highest BCUT2D eigenvalue weighted by Gasteiger charge is 2.27. The van der Waals surface area contributed by atoms with Crippen LogP contribution in [0.3, 0.4) is 0 Å². The van der Waals surface area contributed by atoms with Gasteiger partial charge in [0.2, 0.25) is 5.91 Å². The number of carbonyl (C=O) groups excluding carboxylic acids is 1. The maximum atomic E-state index is 12.1. The molecule has 15 heavy (non-hydrogen) atoms. The minimum Gasteiger partial charge on any atom is -0.342 e. The average Bonchev–Trinajstić information content (AvgIpc) is 2.30. The molecule has 2 saturated heterocycles. The molecule has 0 aromatic carbocycles. The second-order valence-corrected chi connectivity index (χ2v) is 5.05. The Labute approximate surface area is 92.2 Å². The summed E-state index contributed by atoms with van der Waals surface area (Å²) in [6.45, 7) is 6.22. The molecule has 0 aliphatic carbocycles. The van der Waals surface area contributed by atoms with E-state index in [0.29, 0.717) is 5.91 Å². The van der Waals surface area contributed by atoms with Crippen LogP contribution >= 0.6 is 0 Å². The molecule has 0 spiro atoms. The fourth-order valence-electron chi connectivity index (χ4n) is 2.55. The minimum atomic E-state index is 0.257. The summed E-state index contributed by atoms with van der Waals surface area (Å²) in [6, 6.07) is 0. The van der Waals surface area contributed by atoms with Gasteiger partial charge in [-0.25, -0.2) is 0 Å². The zero-order valence-electron chi connectivity index (χ0n) is 9.67. The van der Waals surface area contributed by atoms with E-state index in [0.717, 1.165) is 44.9 Å². The predicted molar refractivity (Wildman–Crippen MR) is 60.6 cm³/mol. The van der Waals surface area contributed by atoms with Gasteiger partial charge >= 0.3 is 0 Å². The predicted octanol–water partition coefficient (Wildman–Crippen LogP) is 1.24. The number of rotatable bonds is 1. The van der Waals surface area contributed by atoms with Gasteiger partial charge in [-0.3, -0.25) is 4.79 Å². The summed E-state index contributed by atoms with van der Waals surface area (Å²) in [5.41, 5.74) is 0. The molecule has 2 heterocycles. The summed E-state index contributed by atoms with van der Waals surface area (Å²) in [4.78, 5) is 14.2. The van der Waals surface area contributed by atoms with Crippen LogP contribution in [0.1, 0.15) is 32.6 Å². The molecule has 2 aliphatic heterocycles. The van der Waals surface area contributed by atoms with E-state index < -0.39 is 0 Å². The van der Waals surface area contributed by atoms with Crippen molar-refractivity contribution in [3.8, 4) is 0 Å². The SMILES string of the molecule is CC1CCN(C(=O)[C@H]2CCCNC2)CC1. The number of nitrogens with one attached hydrogen (secondary N) is 1. The first-order valence-electron chi connectivity index (χ1n) is 6.27. The molecule has 2 aliphatic rings. The van der Waals surface area contributed by atoms with Gasteiger partial charge in [0, 0.05) is 19.6 Å². The van der Waals surface area contributed by atoms with Gasteiger partial charge in [-0.15, -0.1) is 0 Å². The van der Waals surface area contributed by atoms with Crippen LogP contribution in [0.4, 0.5) is 0 Å². The van der Waals surface area contributed by atoms with Gasteiger partial charge in [0.05, 0.1) is 5.92 Å². The number of carbonyl (C=O) groups is 1. The molecule has 3 heteroatoms. The molecule has 86 valence electrons. The summed E-state index contributed by atoms with van der Waals surface area (Å²) in [6.07, 6.45) is 4.61. The highest BCUT2D eigenvalue weighted by molar-refractivity contribution is 5.79. The van der Waals surface area contributed by atoms with Gasteiger partial charge in [0.25, 0.3) is 0 Å². The summed E-state index contributed by atoms with van der Waals surface area (Å²) < 4.78 is 0. The van der Waals surface area contributed by atoms with Gasteiger partial charge in [0.1, 0.15) is 0 Å². The van der Waals surface area contributed by atoms with Crippen LogP contribution in [0.15, 0.2) is 0 Å². The largest absolute Gasteiger partial charge is 0.342 e. The van der Waals surface area contributed by atoms with Crippen molar-refractivity contribution in [3.63, 3.8) is 0 Å². The highest BCUT2D eigenvalue weighted by atomic mass is 16.2. The lowest BCUT2D eigenvalue weighted by Crippen LogP contribution is -2.45. The molecule has 0 saturated carbocycles. The lowest BCUT2D eigenvalue weighted by molar-refractivity contribution is -0.137. The lowest BCUT2D eigenvalue weighted by atomic mass is 9.94. The van der Waals surface area contributed by atoms with Crippen LogP contribution in [0.5, 0.6) is 0 Å². The standard InChI is InChI=1S/C12H22N2O/c1-10-4-7-14(8-5-10)12(15)11-3-2-6-13-9-11/h10-11,13H,2-9H2,1H3/t11-/m0/s1. The molecule has 1 N–H and O–H groups in total. The van der Waals surface area contributed by atoms with Crippen LogP contribution in [-0.2, 0) is 4.79 Å². The fourth-order valence-corrected chi connectivity index (χ4v) is 2.55. The van der Waals surface area contributed by atoms with Crippen LogP contribution in [0.2, 0.25) is 0 Å². The summed E-state index contributed by atoms with van der Waals surface area (Å²) in [5, 5.41) is 3.32. The lowest BCUT2D eigenvalue weighted by Gasteiger charge is -2.34. The molecule has 0 unspecified atom stereocenters. The van der Waals surface area contributed by atoms with Gasteiger partial charge in [-0.2, -0.15) is 0 Å². The van der Waals surface area contributed by atoms with Crippen LogP contribution in [-0.4, -0.2) is 37.0 Å². The Balaban J connectivity index is 1.84. The fraction of sp³-hybridized carbons (Fsp3) is 0.917. The second-order valence-electron chi connectivity index (χ2n) is 5.05. The molecular formula is C12H22N2O. The Morgan fingerprint density at radius 3 is 2.60 bits per heavy atom. The number of amides is 1. The molecule has 0 aromatic heterocycles. The molecule has 2 rings (SSSR count). The van der Waals surface area contributed by atoms with Crippen molar-refractivity contribution in [2.75, 3.05) is 26.2 Å². The summed E-state index contributed by atoms with van der Waals surface area (Å²) in [7, 11) is 0. The van der Waals surface area contributed by atoms with Gasteiger partial charge in [-0.05, 0) is 38.1 Å². The number of piperidine rings is 2. The summed E-state index contributed by atoms with van der Waals surface area (Å²) >= 11 is 0.